The van der Waals surface area contributed by atoms with E-state index < -0.39 is 10.0 Å². The first-order chi connectivity index (χ1) is 9.66. The second-order valence-electron chi connectivity index (χ2n) is 4.39. The van der Waals surface area contributed by atoms with Gasteiger partial charge in [-0.15, -0.1) is 0 Å². The van der Waals surface area contributed by atoms with Crippen molar-refractivity contribution in [2.75, 3.05) is 6.54 Å². The molecule has 0 fully saturated rings. The zero-order valence-corrected chi connectivity index (χ0v) is 11.9. The zero-order valence-electron chi connectivity index (χ0n) is 11.1. The minimum atomic E-state index is -3.38. The summed E-state index contributed by atoms with van der Waals surface area (Å²) in [5.74, 6) is 0. The molecule has 0 saturated carbocycles. The molecule has 0 amide bonds. The number of nitrogens with one attached hydrogen (secondary N) is 1. The molecule has 1 N–H and O–H groups in total. The summed E-state index contributed by atoms with van der Waals surface area (Å²) in [7, 11) is -3.38. The number of benzene rings is 2. The summed E-state index contributed by atoms with van der Waals surface area (Å²) in [5.41, 5.74) is 1.98. The molecule has 0 spiro atoms. The SMILES string of the molecule is O=S(=O)(C=Cc1ccccc1)NCCc1ccccc1. The Kier molecular flexibility index (Phi) is 5.09. The van der Waals surface area contributed by atoms with Crippen LogP contribution in [-0.4, -0.2) is 15.0 Å². The number of hydrogen-bond acceptors (Lipinski definition) is 2. The Bertz CT molecular complexity index is 649. The molecule has 0 aliphatic carbocycles. The zero-order chi connectivity index (χ0) is 14.3. The minimum Gasteiger partial charge on any atom is -0.211 e. The van der Waals surface area contributed by atoms with Gasteiger partial charge in [-0.2, -0.15) is 0 Å². The molecular weight excluding hydrogens is 270 g/mol. The summed E-state index contributed by atoms with van der Waals surface area (Å²) in [6.45, 7) is 0.394. The first-order valence-corrected chi connectivity index (χ1v) is 7.97. The molecule has 0 aliphatic rings. The lowest BCUT2D eigenvalue weighted by molar-refractivity contribution is 0.591. The summed E-state index contributed by atoms with van der Waals surface area (Å²) in [4.78, 5) is 0. The summed E-state index contributed by atoms with van der Waals surface area (Å²) >= 11 is 0. The quantitative estimate of drug-likeness (QED) is 0.888. The third-order valence-electron chi connectivity index (χ3n) is 2.80. The van der Waals surface area contributed by atoms with Crippen LogP contribution in [-0.2, 0) is 16.4 Å². The molecule has 3 nitrogen and oxygen atoms in total. The third kappa shape index (κ3) is 4.99. The monoisotopic (exact) mass is 287 g/mol. The molecule has 0 aliphatic heterocycles. The highest BCUT2D eigenvalue weighted by atomic mass is 32.2. The van der Waals surface area contributed by atoms with Gasteiger partial charge in [-0.3, -0.25) is 0 Å². The predicted molar refractivity (Wildman–Crippen MR) is 82.5 cm³/mol. The Morgan fingerprint density at radius 3 is 2.15 bits per heavy atom. The van der Waals surface area contributed by atoms with Crippen LogP contribution in [0.4, 0.5) is 0 Å². The van der Waals surface area contributed by atoms with Crippen molar-refractivity contribution in [2.24, 2.45) is 0 Å². The van der Waals surface area contributed by atoms with E-state index in [2.05, 4.69) is 4.72 Å². The molecule has 4 heteroatoms. The van der Waals surface area contributed by atoms with Crippen LogP contribution in [0.15, 0.2) is 66.1 Å². The van der Waals surface area contributed by atoms with Crippen molar-refractivity contribution in [3.8, 4) is 0 Å². The maximum Gasteiger partial charge on any atom is 0.233 e. The van der Waals surface area contributed by atoms with E-state index in [1.165, 1.54) is 5.41 Å². The van der Waals surface area contributed by atoms with Gasteiger partial charge in [-0.25, -0.2) is 13.1 Å². The molecular formula is C16H17NO2S. The van der Waals surface area contributed by atoms with Gasteiger partial charge in [-0.1, -0.05) is 60.7 Å². The van der Waals surface area contributed by atoms with Crippen LogP contribution in [0.2, 0.25) is 0 Å². The van der Waals surface area contributed by atoms with Gasteiger partial charge in [0.2, 0.25) is 10.0 Å². The van der Waals surface area contributed by atoms with Crippen molar-refractivity contribution >= 4 is 16.1 Å². The van der Waals surface area contributed by atoms with Crippen LogP contribution in [0.5, 0.6) is 0 Å². The van der Waals surface area contributed by atoms with Gasteiger partial charge in [-0.05, 0) is 23.6 Å². The molecule has 2 aromatic rings. The summed E-state index contributed by atoms with van der Waals surface area (Å²) in [6, 6.07) is 19.1. The third-order valence-corrected chi connectivity index (χ3v) is 3.90. The first kappa shape index (κ1) is 14.5. The van der Waals surface area contributed by atoms with E-state index in [0.29, 0.717) is 13.0 Å². The van der Waals surface area contributed by atoms with E-state index in [1.807, 2.05) is 60.7 Å². The number of sulfonamides is 1. The molecule has 0 bridgehead atoms. The molecule has 0 unspecified atom stereocenters. The lowest BCUT2D eigenvalue weighted by Crippen LogP contribution is -2.23. The van der Waals surface area contributed by atoms with E-state index in [1.54, 1.807) is 6.08 Å². The Balaban J connectivity index is 1.87. The molecule has 0 heterocycles. The van der Waals surface area contributed by atoms with Crippen LogP contribution in [0.25, 0.3) is 6.08 Å². The lowest BCUT2D eigenvalue weighted by Gasteiger charge is -2.03. The first-order valence-electron chi connectivity index (χ1n) is 6.42. The highest BCUT2D eigenvalue weighted by Crippen LogP contribution is 2.03. The van der Waals surface area contributed by atoms with Gasteiger partial charge >= 0.3 is 0 Å². The molecule has 2 aromatic carbocycles. The fraction of sp³-hybridized carbons (Fsp3) is 0.125. The molecule has 20 heavy (non-hydrogen) atoms. The Morgan fingerprint density at radius 2 is 1.50 bits per heavy atom. The van der Waals surface area contributed by atoms with Crippen LogP contribution >= 0.6 is 0 Å². The maximum atomic E-state index is 11.8. The molecule has 0 radical (unpaired) electrons. The van der Waals surface area contributed by atoms with Gasteiger partial charge in [0.05, 0.1) is 0 Å². The average molecular weight is 287 g/mol. The summed E-state index contributed by atoms with van der Waals surface area (Å²) < 4.78 is 26.2. The standard InChI is InChI=1S/C16H17NO2S/c18-20(19,14-12-16-9-5-2-6-10-16)17-13-11-15-7-3-1-4-8-15/h1-10,12,14,17H,11,13H2. The Labute approximate surface area is 120 Å². The van der Waals surface area contributed by atoms with E-state index in [0.717, 1.165) is 11.1 Å². The average Bonchev–Trinajstić information content (AvgIpc) is 2.47. The largest absolute Gasteiger partial charge is 0.233 e. The fourth-order valence-corrected chi connectivity index (χ4v) is 2.58. The highest BCUT2D eigenvalue weighted by molar-refractivity contribution is 7.92. The molecule has 0 aromatic heterocycles. The Hall–Kier alpha value is -1.91. The highest BCUT2D eigenvalue weighted by Gasteiger charge is 2.03. The molecule has 0 saturated heterocycles. The molecule has 104 valence electrons. The second kappa shape index (κ2) is 7.03. The van der Waals surface area contributed by atoms with E-state index in [9.17, 15) is 8.42 Å². The van der Waals surface area contributed by atoms with Crippen LogP contribution in [0.1, 0.15) is 11.1 Å². The molecule has 0 atom stereocenters. The number of rotatable bonds is 6. The maximum absolute atomic E-state index is 11.8. The van der Waals surface area contributed by atoms with Gasteiger partial charge in [0.25, 0.3) is 0 Å². The van der Waals surface area contributed by atoms with Crippen LogP contribution in [0.3, 0.4) is 0 Å². The second-order valence-corrected chi connectivity index (χ2v) is 6.04. The van der Waals surface area contributed by atoms with Gasteiger partial charge in [0.15, 0.2) is 0 Å². The number of hydrogen-bond donors (Lipinski definition) is 1. The van der Waals surface area contributed by atoms with Crippen LogP contribution < -0.4 is 4.72 Å². The lowest BCUT2D eigenvalue weighted by atomic mass is 10.2. The fourth-order valence-electron chi connectivity index (χ4n) is 1.76. The van der Waals surface area contributed by atoms with Gasteiger partial charge in [0.1, 0.15) is 0 Å². The normalized spacial score (nSPS) is 11.8. The molecule has 2 rings (SSSR count). The topological polar surface area (TPSA) is 46.2 Å². The van der Waals surface area contributed by atoms with Gasteiger partial charge < -0.3 is 0 Å². The predicted octanol–water partition coefficient (Wildman–Crippen LogP) is 2.82. The summed E-state index contributed by atoms with van der Waals surface area (Å²) in [5, 5.41) is 1.20. The van der Waals surface area contributed by atoms with Crippen LogP contribution in [0, 0.1) is 0 Å². The van der Waals surface area contributed by atoms with Crippen molar-refractivity contribution in [3.05, 3.63) is 77.2 Å². The van der Waals surface area contributed by atoms with Crippen molar-refractivity contribution in [2.45, 2.75) is 6.42 Å². The van der Waals surface area contributed by atoms with Crippen molar-refractivity contribution in [1.29, 1.82) is 0 Å². The van der Waals surface area contributed by atoms with E-state index in [-0.39, 0.29) is 0 Å². The van der Waals surface area contributed by atoms with Gasteiger partial charge in [0, 0.05) is 12.0 Å². The van der Waals surface area contributed by atoms with Crippen molar-refractivity contribution in [1.82, 2.24) is 4.72 Å². The smallest absolute Gasteiger partial charge is 0.211 e. The Morgan fingerprint density at radius 1 is 0.900 bits per heavy atom. The summed E-state index contributed by atoms with van der Waals surface area (Å²) in [6.07, 6.45) is 2.27. The van der Waals surface area contributed by atoms with E-state index in [4.69, 9.17) is 0 Å². The minimum absolute atomic E-state index is 0.394. The van der Waals surface area contributed by atoms with Crippen molar-refractivity contribution < 1.29 is 8.42 Å². The van der Waals surface area contributed by atoms with Crippen molar-refractivity contribution in [3.63, 3.8) is 0 Å². The van der Waals surface area contributed by atoms with E-state index >= 15 is 0 Å².